The van der Waals surface area contributed by atoms with Crippen LogP contribution in [-0.2, 0) is 4.74 Å². The molecule has 1 saturated carbocycles. The zero-order valence-corrected chi connectivity index (χ0v) is 8.66. The van der Waals surface area contributed by atoms with Gasteiger partial charge in [-0.1, -0.05) is 0 Å². The summed E-state index contributed by atoms with van der Waals surface area (Å²) in [7, 11) is 0. The Morgan fingerprint density at radius 1 is 1.67 bits per heavy atom. The molecule has 1 aromatic heterocycles. The van der Waals surface area contributed by atoms with E-state index in [9.17, 15) is 4.79 Å². The van der Waals surface area contributed by atoms with E-state index < -0.39 is 5.97 Å². The first-order valence-corrected chi connectivity index (χ1v) is 5.14. The summed E-state index contributed by atoms with van der Waals surface area (Å²) >= 11 is 0. The van der Waals surface area contributed by atoms with Gasteiger partial charge >= 0.3 is 5.97 Å². The highest BCUT2D eigenvalue weighted by atomic mass is 16.5. The van der Waals surface area contributed by atoms with Gasteiger partial charge in [-0.15, -0.1) is 0 Å². The first-order chi connectivity index (χ1) is 7.31. The molecule has 5 nitrogen and oxygen atoms in total. The maximum Gasteiger partial charge on any atom is 0.345 e. The second kappa shape index (κ2) is 4.33. The van der Waals surface area contributed by atoms with Gasteiger partial charge in [0.1, 0.15) is 5.56 Å². The molecule has 0 saturated heterocycles. The molecular weight excluding hydrogens is 196 g/mol. The topological polar surface area (TPSA) is 64.2 Å². The van der Waals surface area contributed by atoms with E-state index in [1.807, 2.05) is 0 Å². The van der Waals surface area contributed by atoms with E-state index in [0.717, 1.165) is 0 Å². The first-order valence-electron chi connectivity index (χ1n) is 5.14. The van der Waals surface area contributed by atoms with Gasteiger partial charge in [0.25, 0.3) is 0 Å². The number of hydrogen-bond acceptors (Lipinski definition) is 4. The van der Waals surface area contributed by atoms with Gasteiger partial charge in [-0.25, -0.2) is 9.89 Å². The molecule has 1 aliphatic carbocycles. The molecular formula is C10H14N2O3. The van der Waals surface area contributed by atoms with Gasteiger partial charge in [0.2, 0.25) is 5.88 Å². The van der Waals surface area contributed by atoms with Crippen molar-refractivity contribution >= 4 is 5.97 Å². The van der Waals surface area contributed by atoms with Gasteiger partial charge in [-0.3, -0.25) is 0 Å². The van der Waals surface area contributed by atoms with Crippen LogP contribution in [0.4, 0.5) is 0 Å². The van der Waals surface area contributed by atoms with Crippen molar-refractivity contribution in [3.05, 3.63) is 11.8 Å². The second-order valence-corrected chi connectivity index (χ2v) is 3.59. The first kappa shape index (κ1) is 10.0. The smallest absolute Gasteiger partial charge is 0.345 e. The van der Waals surface area contributed by atoms with Crippen LogP contribution in [-0.4, -0.2) is 29.4 Å². The Kier molecular flexibility index (Phi) is 2.89. The average molecular weight is 210 g/mol. The minimum atomic E-state index is -0.392. The van der Waals surface area contributed by atoms with Gasteiger partial charge in [0.15, 0.2) is 0 Å². The summed E-state index contributed by atoms with van der Waals surface area (Å²) in [6.07, 6.45) is 3.85. The van der Waals surface area contributed by atoms with Gasteiger partial charge < -0.3 is 9.47 Å². The molecule has 1 heterocycles. The van der Waals surface area contributed by atoms with Crippen molar-refractivity contribution < 1.29 is 14.3 Å². The molecule has 0 radical (unpaired) electrons. The fraction of sp³-hybridized carbons (Fsp3) is 0.600. The number of esters is 1. The van der Waals surface area contributed by atoms with Crippen LogP contribution in [0.3, 0.4) is 0 Å². The quantitative estimate of drug-likeness (QED) is 0.745. The third-order valence-corrected chi connectivity index (χ3v) is 2.26. The van der Waals surface area contributed by atoms with Crippen molar-refractivity contribution in [3.8, 4) is 5.88 Å². The number of aromatic nitrogens is 2. The van der Waals surface area contributed by atoms with Crippen LogP contribution >= 0.6 is 0 Å². The molecule has 0 unspecified atom stereocenters. The molecule has 1 N–H and O–H groups in total. The van der Waals surface area contributed by atoms with Crippen LogP contribution < -0.4 is 4.74 Å². The number of ether oxygens (including phenoxy) is 2. The number of rotatable bonds is 5. The van der Waals surface area contributed by atoms with Gasteiger partial charge in [-0.05, 0) is 25.7 Å². The van der Waals surface area contributed by atoms with E-state index in [1.165, 1.54) is 19.0 Å². The fourth-order valence-corrected chi connectivity index (χ4v) is 1.22. The van der Waals surface area contributed by atoms with E-state index in [1.54, 1.807) is 6.92 Å². The summed E-state index contributed by atoms with van der Waals surface area (Å²) in [4.78, 5) is 11.4. The van der Waals surface area contributed by atoms with Crippen LogP contribution in [0.25, 0.3) is 0 Å². The van der Waals surface area contributed by atoms with Gasteiger partial charge in [0, 0.05) is 0 Å². The molecule has 1 aliphatic rings. The molecule has 0 bridgehead atoms. The Balaban J connectivity index is 1.96. The third kappa shape index (κ3) is 2.49. The third-order valence-electron chi connectivity index (χ3n) is 2.26. The number of H-pyrrole nitrogens is 1. The summed E-state index contributed by atoms with van der Waals surface area (Å²) in [5.41, 5.74) is 0.373. The Morgan fingerprint density at radius 3 is 3.13 bits per heavy atom. The average Bonchev–Trinajstić information content (AvgIpc) is 2.93. The van der Waals surface area contributed by atoms with Crippen LogP contribution in [0.2, 0.25) is 0 Å². The van der Waals surface area contributed by atoms with Crippen molar-refractivity contribution in [2.24, 2.45) is 5.92 Å². The predicted molar refractivity (Wildman–Crippen MR) is 52.8 cm³/mol. The van der Waals surface area contributed by atoms with E-state index in [0.29, 0.717) is 30.6 Å². The Morgan fingerprint density at radius 2 is 2.47 bits per heavy atom. The monoisotopic (exact) mass is 210 g/mol. The zero-order valence-electron chi connectivity index (χ0n) is 8.66. The van der Waals surface area contributed by atoms with Crippen molar-refractivity contribution in [2.45, 2.75) is 19.8 Å². The van der Waals surface area contributed by atoms with E-state index in [-0.39, 0.29) is 0 Å². The molecule has 0 aliphatic heterocycles. The van der Waals surface area contributed by atoms with Crippen molar-refractivity contribution in [1.29, 1.82) is 0 Å². The summed E-state index contributed by atoms with van der Waals surface area (Å²) in [6, 6.07) is 0. The molecule has 2 rings (SSSR count). The molecule has 82 valence electrons. The van der Waals surface area contributed by atoms with Crippen LogP contribution in [0.5, 0.6) is 5.88 Å². The van der Waals surface area contributed by atoms with Gasteiger partial charge in [-0.2, -0.15) is 5.10 Å². The summed E-state index contributed by atoms with van der Waals surface area (Å²) < 4.78 is 10.3. The van der Waals surface area contributed by atoms with Crippen LogP contribution in [0.15, 0.2) is 6.20 Å². The van der Waals surface area contributed by atoms with Crippen molar-refractivity contribution in [1.82, 2.24) is 10.2 Å². The number of nitrogens with zero attached hydrogens (tertiary/aromatic N) is 1. The number of nitrogens with one attached hydrogen (secondary N) is 1. The number of carbonyl (C=O) groups is 1. The Labute approximate surface area is 87.8 Å². The summed E-state index contributed by atoms with van der Waals surface area (Å²) in [5, 5.41) is 6.43. The Bertz CT molecular complexity index is 344. The van der Waals surface area contributed by atoms with Crippen molar-refractivity contribution in [2.75, 3.05) is 13.2 Å². The molecule has 0 atom stereocenters. The molecule has 5 heteroatoms. The summed E-state index contributed by atoms with van der Waals surface area (Å²) in [6.45, 7) is 2.77. The van der Waals surface area contributed by atoms with Crippen LogP contribution in [0, 0.1) is 5.92 Å². The van der Waals surface area contributed by atoms with E-state index in [2.05, 4.69) is 10.2 Å². The molecule has 0 spiro atoms. The highest BCUT2D eigenvalue weighted by Gasteiger charge is 2.24. The number of aromatic amines is 1. The summed E-state index contributed by atoms with van der Waals surface area (Å²) in [5.74, 6) is 0.667. The molecule has 15 heavy (non-hydrogen) atoms. The van der Waals surface area contributed by atoms with Crippen molar-refractivity contribution in [3.63, 3.8) is 0 Å². The standard InChI is InChI=1S/C10H14N2O3/c1-2-14-10(13)8-5-11-12-9(8)15-6-7-3-4-7/h5,7H,2-4,6H2,1H3,(H,11,12). The number of hydrogen-bond donors (Lipinski definition) is 1. The lowest BCUT2D eigenvalue weighted by molar-refractivity contribution is 0.0521. The lowest BCUT2D eigenvalue weighted by Gasteiger charge is -2.04. The highest BCUT2D eigenvalue weighted by molar-refractivity contribution is 5.91. The molecule has 1 aromatic rings. The molecule has 0 amide bonds. The van der Waals surface area contributed by atoms with E-state index >= 15 is 0 Å². The predicted octanol–water partition coefficient (Wildman–Crippen LogP) is 1.38. The lowest BCUT2D eigenvalue weighted by Crippen LogP contribution is -2.07. The highest BCUT2D eigenvalue weighted by Crippen LogP contribution is 2.29. The van der Waals surface area contributed by atoms with Gasteiger partial charge in [0.05, 0.1) is 19.4 Å². The SMILES string of the molecule is CCOC(=O)c1cn[nH]c1OCC1CC1. The zero-order chi connectivity index (χ0) is 10.7. The maximum absolute atomic E-state index is 11.4. The lowest BCUT2D eigenvalue weighted by atomic mass is 10.3. The molecule has 0 aromatic carbocycles. The normalized spacial score (nSPS) is 15.0. The maximum atomic E-state index is 11.4. The minimum absolute atomic E-state index is 0.353. The van der Waals surface area contributed by atoms with E-state index in [4.69, 9.17) is 9.47 Å². The Hall–Kier alpha value is -1.52. The number of carbonyl (C=O) groups excluding carboxylic acids is 1. The fourth-order valence-electron chi connectivity index (χ4n) is 1.22. The van der Waals surface area contributed by atoms with Crippen LogP contribution in [0.1, 0.15) is 30.1 Å². The molecule has 1 fully saturated rings. The minimum Gasteiger partial charge on any atom is -0.477 e. The largest absolute Gasteiger partial charge is 0.477 e. The second-order valence-electron chi connectivity index (χ2n) is 3.59.